The molecule has 2 fully saturated rings. The van der Waals surface area contributed by atoms with Gasteiger partial charge in [0.15, 0.2) is 0 Å². The molecule has 1 atom stereocenters. The van der Waals surface area contributed by atoms with Crippen LogP contribution in [0.2, 0.25) is 0 Å². The highest BCUT2D eigenvalue weighted by Gasteiger charge is 2.39. The summed E-state index contributed by atoms with van der Waals surface area (Å²) in [4.78, 5) is 0.413. The quantitative estimate of drug-likeness (QED) is 0.829. The zero-order chi connectivity index (χ0) is 16.7. The van der Waals surface area contributed by atoms with Crippen LogP contribution in [0, 0.1) is 5.92 Å². The van der Waals surface area contributed by atoms with Crippen molar-refractivity contribution in [3.63, 3.8) is 0 Å². The third-order valence-corrected chi connectivity index (χ3v) is 6.68. The van der Waals surface area contributed by atoms with Crippen LogP contribution in [0.1, 0.15) is 45.6 Å². The maximum absolute atomic E-state index is 13.0. The molecule has 128 valence electrons. The number of rotatable bonds is 5. The number of sulfonamides is 1. The van der Waals surface area contributed by atoms with E-state index in [9.17, 15) is 8.42 Å². The maximum Gasteiger partial charge on any atom is 0.243 e. The van der Waals surface area contributed by atoms with Crippen LogP contribution in [-0.2, 0) is 20.2 Å². The molecule has 2 aliphatic rings. The third kappa shape index (κ3) is 3.78. The largest absolute Gasteiger partial charge is 0.381 e. The summed E-state index contributed by atoms with van der Waals surface area (Å²) in [6, 6.07) is 7.59. The minimum absolute atomic E-state index is 0.0274. The molecular formula is C18H27NO3S. The second-order valence-corrected chi connectivity index (χ2v) is 9.70. The van der Waals surface area contributed by atoms with Gasteiger partial charge in [-0.3, -0.25) is 0 Å². The first-order valence-corrected chi connectivity index (χ1v) is 9.92. The Morgan fingerprint density at radius 1 is 1.13 bits per heavy atom. The maximum atomic E-state index is 13.0. The predicted octanol–water partition coefficient (Wildman–Crippen LogP) is 3.17. The number of hydrogen-bond donors (Lipinski definition) is 0. The monoisotopic (exact) mass is 337 g/mol. The first kappa shape index (κ1) is 16.9. The molecule has 0 amide bonds. The van der Waals surface area contributed by atoms with E-state index < -0.39 is 10.0 Å². The van der Waals surface area contributed by atoms with Gasteiger partial charge in [0.2, 0.25) is 10.0 Å². The Morgan fingerprint density at radius 3 is 2.26 bits per heavy atom. The summed E-state index contributed by atoms with van der Waals surface area (Å²) >= 11 is 0. The van der Waals surface area contributed by atoms with E-state index in [0.29, 0.717) is 24.0 Å². The van der Waals surface area contributed by atoms with Crippen LogP contribution in [0.4, 0.5) is 0 Å². The van der Waals surface area contributed by atoms with Crippen molar-refractivity contribution >= 4 is 10.0 Å². The highest BCUT2D eigenvalue weighted by Crippen LogP contribution is 2.34. The fourth-order valence-corrected chi connectivity index (χ4v) is 4.81. The Morgan fingerprint density at radius 2 is 1.78 bits per heavy atom. The first-order chi connectivity index (χ1) is 10.8. The van der Waals surface area contributed by atoms with E-state index >= 15 is 0 Å². The molecule has 0 spiro atoms. The summed E-state index contributed by atoms with van der Waals surface area (Å²) in [6.45, 7) is 8.42. The molecule has 1 unspecified atom stereocenters. The van der Waals surface area contributed by atoms with Crippen molar-refractivity contribution in [2.24, 2.45) is 5.92 Å². The van der Waals surface area contributed by atoms with E-state index in [1.54, 1.807) is 16.4 Å². The first-order valence-electron chi connectivity index (χ1n) is 8.48. The van der Waals surface area contributed by atoms with E-state index in [1.807, 2.05) is 12.1 Å². The van der Waals surface area contributed by atoms with Crippen molar-refractivity contribution in [3.05, 3.63) is 29.8 Å². The van der Waals surface area contributed by atoms with Gasteiger partial charge < -0.3 is 4.74 Å². The van der Waals surface area contributed by atoms with Crippen LogP contribution in [0.3, 0.4) is 0 Å². The van der Waals surface area contributed by atoms with Crippen molar-refractivity contribution in [1.29, 1.82) is 0 Å². The smallest absolute Gasteiger partial charge is 0.243 e. The van der Waals surface area contributed by atoms with Crippen LogP contribution < -0.4 is 0 Å². The van der Waals surface area contributed by atoms with Crippen molar-refractivity contribution in [2.75, 3.05) is 19.8 Å². The molecular weight excluding hydrogens is 310 g/mol. The van der Waals surface area contributed by atoms with Gasteiger partial charge in [-0.05, 0) is 48.3 Å². The molecule has 0 bridgehead atoms. The van der Waals surface area contributed by atoms with Crippen LogP contribution in [0.5, 0.6) is 0 Å². The van der Waals surface area contributed by atoms with Crippen molar-refractivity contribution < 1.29 is 13.2 Å². The van der Waals surface area contributed by atoms with Gasteiger partial charge in [0.1, 0.15) is 0 Å². The van der Waals surface area contributed by atoms with Crippen LogP contribution in [0.25, 0.3) is 0 Å². The average Bonchev–Trinajstić information content (AvgIpc) is 3.20. The average molecular weight is 337 g/mol. The molecule has 0 N–H and O–H groups in total. The zero-order valence-corrected chi connectivity index (χ0v) is 15.1. The summed E-state index contributed by atoms with van der Waals surface area (Å²) < 4.78 is 33.2. The minimum atomic E-state index is -3.41. The molecule has 1 saturated heterocycles. The molecule has 1 aliphatic carbocycles. The van der Waals surface area contributed by atoms with Crippen molar-refractivity contribution in [3.8, 4) is 0 Å². The van der Waals surface area contributed by atoms with Crippen molar-refractivity contribution in [2.45, 2.75) is 56.4 Å². The fraction of sp³-hybridized carbons (Fsp3) is 0.667. The fourth-order valence-electron chi connectivity index (χ4n) is 3.05. The lowest BCUT2D eigenvalue weighted by molar-refractivity contribution is 0.180. The predicted molar refractivity (Wildman–Crippen MR) is 91.0 cm³/mol. The standard InChI is InChI=1S/C18H27NO3S/c1-18(2,3)15-4-8-17(9-5-15)23(20,21)19(16-6-7-16)12-14-10-11-22-13-14/h4-5,8-9,14,16H,6-7,10-13H2,1-3H3. The second-order valence-electron chi connectivity index (χ2n) is 7.81. The normalized spacial score (nSPS) is 22.7. The molecule has 4 nitrogen and oxygen atoms in total. The summed E-state index contributed by atoms with van der Waals surface area (Å²) in [5.41, 5.74) is 1.18. The van der Waals surface area contributed by atoms with Gasteiger partial charge in [-0.2, -0.15) is 4.31 Å². The summed E-state index contributed by atoms with van der Waals surface area (Å²) in [6.07, 6.45) is 2.92. The molecule has 5 heteroatoms. The van der Waals surface area contributed by atoms with E-state index in [4.69, 9.17) is 4.74 Å². The highest BCUT2D eigenvalue weighted by molar-refractivity contribution is 7.89. The Bertz CT molecular complexity index is 636. The molecule has 23 heavy (non-hydrogen) atoms. The lowest BCUT2D eigenvalue weighted by Gasteiger charge is -2.25. The van der Waals surface area contributed by atoms with Gasteiger partial charge in [-0.25, -0.2) is 8.42 Å². The van der Waals surface area contributed by atoms with Gasteiger partial charge in [0.25, 0.3) is 0 Å². The number of benzene rings is 1. The Kier molecular flexibility index (Phi) is 4.55. The van der Waals surface area contributed by atoms with Gasteiger partial charge >= 0.3 is 0 Å². The van der Waals surface area contributed by atoms with Crippen LogP contribution >= 0.6 is 0 Å². The molecule has 3 rings (SSSR count). The van der Waals surface area contributed by atoms with Crippen molar-refractivity contribution in [1.82, 2.24) is 4.31 Å². The highest BCUT2D eigenvalue weighted by atomic mass is 32.2. The second kappa shape index (κ2) is 6.19. The third-order valence-electron chi connectivity index (χ3n) is 4.74. The van der Waals surface area contributed by atoms with Crippen LogP contribution in [0.15, 0.2) is 29.2 Å². The molecule has 0 radical (unpaired) electrons. The summed E-state index contributed by atoms with van der Waals surface area (Å²) in [5, 5.41) is 0. The number of ether oxygens (including phenoxy) is 1. The van der Waals surface area contributed by atoms with E-state index in [1.165, 1.54) is 0 Å². The summed E-state index contributed by atoms with van der Waals surface area (Å²) in [7, 11) is -3.41. The van der Waals surface area contributed by atoms with Gasteiger partial charge in [-0.1, -0.05) is 32.9 Å². The minimum Gasteiger partial charge on any atom is -0.381 e. The molecule has 1 heterocycles. The molecule has 1 aliphatic heterocycles. The number of nitrogens with zero attached hydrogens (tertiary/aromatic N) is 1. The lowest BCUT2D eigenvalue weighted by atomic mass is 9.87. The van der Waals surface area contributed by atoms with Gasteiger partial charge in [-0.15, -0.1) is 0 Å². The SMILES string of the molecule is CC(C)(C)c1ccc(S(=O)(=O)N(CC2CCOC2)C2CC2)cc1. The number of hydrogen-bond acceptors (Lipinski definition) is 3. The summed E-state index contributed by atoms with van der Waals surface area (Å²) in [5.74, 6) is 0.333. The van der Waals surface area contributed by atoms with E-state index in [2.05, 4.69) is 20.8 Å². The Balaban J connectivity index is 1.82. The van der Waals surface area contributed by atoms with Gasteiger partial charge in [0.05, 0.1) is 11.5 Å². The Hall–Kier alpha value is -0.910. The van der Waals surface area contributed by atoms with Crippen LogP contribution in [-0.4, -0.2) is 38.5 Å². The molecule has 1 aromatic carbocycles. The van der Waals surface area contributed by atoms with E-state index in [0.717, 1.165) is 31.4 Å². The molecule has 1 saturated carbocycles. The van der Waals surface area contributed by atoms with Gasteiger partial charge in [0, 0.05) is 19.2 Å². The Labute approximate surface area is 139 Å². The molecule has 1 aromatic rings. The lowest BCUT2D eigenvalue weighted by Crippen LogP contribution is -2.37. The topological polar surface area (TPSA) is 46.6 Å². The molecule has 0 aromatic heterocycles. The zero-order valence-electron chi connectivity index (χ0n) is 14.3. The van der Waals surface area contributed by atoms with E-state index in [-0.39, 0.29) is 11.5 Å².